The zero-order valence-corrected chi connectivity index (χ0v) is 43.7. The molecule has 0 saturated carbocycles. The molecule has 78 heavy (non-hydrogen) atoms. The van der Waals surface area contributed by atoms with Crippen LogP contribution in [0, 0.1) is 0 Å². The molecule has 0 aliphatic carbocycles. The normalized spacial score (nSPS) is 11.4. The Balaban J connectivity index is 0.00000286. The fraction of sp³-hybridized carbons (Fsp3) is 0.0263. The molecule has 0 unspecified atom stereocenters. The maximum Gasteiger partial charge on any atom is 0.143 e. The molecule has 0 N–H and O–H groups in total. The SMILES string of the molecule is C=Cc1oc2c(-c3c4ccccc4c(-c4ccccc4)c4ccccc34)cc3cc(-c4c5ccccc5c(-c5cc(-c6ccccc6)cc(-c6ccccc6)c5)c5ccccc45)c4oc(C=C)c(C=C)c4c3c2c1C=C.CC. The third-order valence-electron chi connectivity index (χ3n) is 15.5. The van der Waals surface area contributed by atoms with E-state index in [1.165, 1.54) is 27.8 Å². The maximum atomic E-state index is 7.15. The van der Waals surface area contributed by atoms with Crippen molar-refractivity contribution in [2.75, 3.05) is 0 Å². The highest BCUT2D eigenvalue weighted by Gasteiger charge is 2.29. The van der Waals surface area contributed by atoms with Crippen LogP contribution < -0.4 is 0 Å². The Kier molecular flexibility index (Phi) is 12.0. The van der Waals surface area contributed by atoms with Gasteiger partial charge in [0.1, 0.15) is 22.7 Å². The molecular weight excluding hydrogens is 945 g/mol. The average Bonchev–Trinajstić information content (AvgIpc) is 4.11. The molecule has 2 nitrogen and oxygen atoms in total. The highest BCUT2D eigenvalue weighted by molar-refractivity contribution is 6.33. The van der Waals surface area contributed by atoms with E-state index in [-0.39, 0.29) is 0 Å². The summed E-state index contributed by atoms with van der Waals surface area (Å²) in [5.41, 5.74) is 16.7. The van der Waals surface area contributed by atoms with Crippen molar-refractivity contribution in [1.82, 2.24) is 0 Å². The molecule has 2 heterocycles. The zero-order chi connectivity index (χ0) is 53.0. The van der Waals surface area contributed by atoms with Gasteiger partial charge < -0.3 is 8.83 Å². The molecular formula is C76H54O2. The number of benzene rings is 12. The maximum absolute atomic E-state index is 7.15. The van der Waals surface area contributed by atoms with Gasteiger partial charge in [-0.2, -0.15) is 0 Å². The molecule has 0 atom stereocenters. The standard InChI is InChI=1S/C74H48O2.C2H6/c1-5-52-64(7-3)75-73-62(69-58-36-22-18-32-54(58)66(47-30-16-11-17-31-47)55-33-19-23-37-59(55)69)43-51-44-63(74-72(68(51)71(52)73)53(6-2)65(8-4)76-74)70-60-38-24-20-34-56(60)67(57-35-21-25-39-61(57)70)50-41-48(45-26-12-9-13-27-45)40-49(42-50)46-28-14-10-15-29-46;1-2/h5-44H,1-4H2;1-2H3. The second-order valence-corrected chi connectivity index (χ2v) is 19.5. The fourth-order valence-electron chi connectivity index (χ4n) is 12.4. The van der Waals surface area contributed by atoms with Gasteiger partial charge in [-0.1, -0.05) is 240 Å². The van der Waals surface area contributed by atoms with Crippen LogP contribution in [0.15, 0.2) is 254 Å². The molecule has 0 bridgehead atoms. The summed E-state index contributed by atoms with van der Waals surface area (Å²) < 4.78 is 14.2. The predicted octanol–water partition coefficient (Wildman–Crippen LogP) is 22.5. The lowest BCUT2D eigenvalue weighted by atomic mass is 9.82. The predicted molar refractivity (Wildman–Crippen MR) is 338 cm³/mol. The summed E-state index contributed by atoms with van der Waals surface area (Å²) in [5, 5.41) is 12.9. The Hall–Kier alpha value is -10.0. The molecule has 14 aromatic rings. The molecule has 0 aliphatic rings. The van der Waals surface area contributed by atoms with Crippen LogP contribution in [0.5, 0.6) is 0 Å². The molecule has 2 heteroatoms. The first-order valence-corrected chi connectivity index (χ1v) is 26.8. The summed E-state index contributed by atoms with van der Waals surface area (Å²) in [7, 11) is 0. The highest BCUT2D eigenvalue weighted by Crippen LogP contribution is 2.54. The minimum atomic E-state index is 0.647. The van der Waals surface area contributed by atoms with Gasteiger partial charge in [0.2, 0.25) is 0 Å². The Morgan fingerprint density at radius 2 is 0.577 bits per heavy atom. The fourth-order valence-corrected chi connectivity index (χ4v) is 12.4. The van der Waals surface area contributed by atoms with Crippen LogP contribution in [0.3, 0.4) is 0 Å². The number of hydrogen-bond donors (Lipinski definition) is 0. The van der Waals surface area contributed by atoms with Gasteiger partial charge in [0, 0.05) is 49.5 Å². The largest absolute Gasteiger partial charge is 0.455 e. The Morgan fingerprint density at radius 1 is 0.282 bits per heavy atom. The lowest BCUT2D eigenvalue weighted by Crippen LogP contribution is -1.94. The summed E-state index contributed by atoms with van der Waals surface area (Å²) in [6.45, 7) is 21.4. The Labute approximate surface area is 454 Å². The van der Waals surface area contributed by atoms with E-state index >= 15 is 0 Å². The van der Waals surface area contributed by atoms with Gasteiger partial charge in [0.05, 0.1) is 0 Å². The van der Waals surface area contributed by atoms with E-state index in [4.69, 9.17) is 8.83 Å². The van der Waals surface area contributed by atoms with Gasteiger partial charge in [0.15, 0.2) is 0 Å². The minimum absolute atomic E-state index is 0.647. The van der Waals surface area contributed by atoms with Crippen LogP contribution in [0.2, 0.25) is 0 Å². The van der Waals surface area contributed by atoms with Crippen LogP contribution in [0.25, 0.3) is 167 Å². The van der Waals surface area contributed by atoms with Crippen LogP contribution in [0.1, 0.15) is 36.5 Å². The average molecular weight is 999 g/mol. The third-order valence-corrected chi connectivity index (χ3v) is 15.5. The Morgan fingerprint density at radius 3 is 0.910 bits per heavy atom. The van der Waals surface area contributed by atoms with Crippen molar-refractivity contribution in [3.05, 3.63) is 267 Å². The number of fused-ring (bicyclic) bond motifs is 9. The molecule has 0 fully saturated rings. The molecule has 0 aliphatic heterocycles. The summed E-state index contributed by atoms with van der Waals surface area (Å²) in [6, 6.07) is 79.1. The van der Waals surface area contributed by atoms with Crippen molar-refractivity contribution < 1.29 is 8.83 Å². The summed E-state index contributed by atoms with van der Waals surface area (Å²) in [5.74, 6) is 1.30. The number of hydrogen-bond acceptors (Lipinski definition) is 2. The first-order chi connectivity index (χ1) is 38.6. The summed E-state index contributed by atoms with van der Waals surface area (Å²) in [4.78, 5) is 0. The van der Waals surface area contributed by atoms with Gasteiger partial charge in [-0.25, -0.2) is 0 Å². The molecule has 370 valence electrons. The first-order valence-electron chi connectivity index (χ1n) is 26.8. The first kappa shape index (κ1) is 47.7. The topological polar surface area (TPSA) is 26.3 Å². The van der Waals surface area contributed by atoms with E-state index < -0.39 is 0 Å². The summed E-state index contributed by atoms with van der Waals surface area (Å²) in [6.07, 6.45) is 7.40. The quantitative estimate of drug-likeness (QED) is 0.128. The van der Waals surface area contributed by atoms with Gasteiger partial charge in [-0.15, -0.1) is 0 Å². The summed E-state index contributed by atoms with van der Waals surface area (Å²) >= 11 is 0. The van der Waals surface area contributed by atoms with Crippen molar-refractivity contribution >= 4 is 100 Å². The smallest absolute Gasteiger partial charge is 0.143 e. The monoisotopic (exact) mass is 998 g/mol. The van der Waals surface area contributed by atoms with Gasteiger partial charge in [0.25, 0.3) is 0 Å². The van der Waals surface area contributed by atoms with E-state index in [1.807, 2.05) is 26.0 Å². The lowest BCUT2D eigenvalue weighted by Gasteiger charge is -2.20. The molecule has 0 saturated heterocycles. The molecule has 14 rings (SSSR count). The number of furan rings is 2. The molecule has 0 spiro atoms. The van der Waals surface area contributed by atoms with Crippen molar-refractivity contribution in [3.8, 4) is 66.8 Å². The van der Waals surface area contributed by atoms with Gasteiger partial charge >= 0.3 is 0 Å². The second-order valence-electron chi connectivity index (χ2n) is 19.5. The molecule has 12 aromatic carbocycles. The zero-order valence-electron chi connectivity index (χ0n) is 43.7. The van der Waals surface area contributed by atoms with Crippen molar-refractivity contribution in [3.63, 3.8) is 0 Å². The van der Waals surface area contributed by atoms with E-state index in [0.29, 0.717) is 11.5 Å². The molecule has 0 amide bonds. The van der Waals surface area contributed by atoms with E-state index in [0.717, 1.165) is 126 Å². The number of rotatable bonds is 10. The molecule has 0 radical (unpaired) electrons. The Bertz CT molecular complexity index is 4570. The van der Waals surface area contributed by atoms with Crippen LogP contribution >= 0.6 is 0 Å². The van der Waals surface area contributed by atoms with Crippen LogP contribution in [-0.4, -0.2) is 0 Å². The van der Waals surface area contributed by atoms with Crippen molar-refractivity contribution in [1.29, 1.82) is 0 Å². The lowest BCUT2D eigenvalue weighted by molar-refractivity contribution is 0.605. The minimum Gasteiger partial charge on any atom is -0.455 e. The van der Waals surface area contributed by atoms with Crippen LogP contribution in [-0.2, 0) is 0 Å². The third kappa shape index (κ3) is 7.40. The molecule has 2 aromatic heterocycles. The highest BCUT2D eigenvalue weighted by atomic mass is 16.3. The van der Waals surface area contributed by atoms with Gasteiger partial charge in [-0.05, 0) is 135 Å². The van der Waals surface area contributed by atoms with Crippen molar-refractivity contribution in [2.24, 2.45) is 0 Å². The van der Waals surface area contributed by atoms with E-state index in [9.17, 15) is 0 Å². The van der Waals surface area contributed by atoms with Crippen molar-refractivity contribution in [2.45, 2.75) is 13.8 Å². The van der Waals surface area contributed by atoms with E-state index in [1.54, 1.807) is 12.2 Å². The van der Waals surface area contributed by atoms with E-state index in [2.05, 4.69) is 245 Å². The van der Waals surface area contributed by atoms with Crippen LogP contribution in [0.4, 0.5) is 0 Å². The second kappa shape index (κ2) is 19.6. The van der Waals surface area contributed by atoms with Gasteiger partial charge in [-0.3, -0.25) is 0 Å².